The predicted molar refractivity (Wildman–Crippen MR) is 128 cm³/mol. The molecular formula is C25H22N4OS. The average Bonchev–Trinajstić information content (AvgIpc) is 3.18. The number of carbonyl (C=O) groups is 1. The maximum atomic E-state index is 12.6. The Balaban J connectivity index is 1.45. The number of hydrogen-bond donors (Lipinski definition) is 1. The van der Waals surface area contributed by atoms with Crippen LogP contribution in [0.4, 0.5) is 5.69 Å². The fourth-order valence-corrected chi connectivity index (χ4v) is 4.50. The summed E-state index contributed by atoms with van der Waals surface area (Å²) in [6.07, 6.45) is 0. The van der Waals surface area contributed by atoms with Crippen LogP contribution in [-0.2, 0) is 4.79 Å². The molecule has 1 amide bonds. The molecule has 0 saturated carbocycles. The quantitative estimate of drug-likeness (QED) is 0.281. The number of nitrogens with one attached hydrogen (secondary N) is 1. The Bertz CT molecular complexity index is 1410. The van der Waals surface area contributed by atoms with Crippen LogP contribution in [0.5, 0.6) is 0 Å². The van der Waals surface area contributed by atoms with E-state index in [-0.39, 0.29) is 11.7 Å². The highest BCUT2D eigenvalue weighted by molar-refractivity contribution is 7.99. The molecule has 31 heavy (non-hydrogen) atoms. The number of benzene rings is 3. The standard InChI is InChI=1S/C25H22N4OS/c1-16(2)17-11-13-18(14-12-17)26-23(30)15-31-25-28-20-8-4-3-7-19(20)24-27-21-9-5-6-10-22(21)29(24)25/h3-14,16H,15H2,1-2H3,(H,26,30). The fourth-order valence-electron chi connectivity index (χ4n) is 3.69. The van der Waals surface area contributed by atoms with Crippen LogP contribution < -0.4 is 5.32 Å². The average molecular weight is 427 g/mol. The Morgan fingerprint density at radius 2 is 1.65 bits per heavy atom. The van der Waals surface area contributed by atoms with E-state index in [0.29, 0.717) is 5.92 Å². The molecule has 5 nitrogen and oxygen atoms in total. The number of amides is 1. The number of aromatic nitrogens is 3. The molecule has 0 saturated heterocycles. The summed E-state index contributed by atoms with van der Waals surface area (Å²) in [7, 11) is 0. The van der Waals surface area contributed by atoms with Gasteiger partial charge in [-0.2, -0.15) is 0 Å². The second kappa shape index (κ2) is 8.04. The topological polar surface area (TPSA) is 59.3 Å². The third kappa shape index (κ3) is 3.75. The summed E-state index contributed by atoms with van der Waals surface area (Å²) in [6.45, 7) is 4.31. The number of carbonyl (C=O) groups excluding carboxylic acids is 1. The van der Waals surface area contributed by atoms with Crippen molar-refractivity contribution in [2.75, 3.05) is 11.1 Å². The molecule has 2 aromatic heterocycles. The summed E-state index contributed by atoms with van der Waals surface area (Å²) in [5.41, 5.74) is 5.69. The number of imidazole rings is 1. The highest BCUT2D eigenvalue weighted by Gasteiger charge is 2.15. The molecule has 5 aromatic rings. The Morgan fingerprint density at radius 3 is 2.42 bits per heavy atom. The van der Waals surface area contributed by atoms with E-state index >= 15 is 0 Å². The number of anilines is 1. The van der Waals surface area contributed by atoms with Crippen LogP contribution in [-0.4, -0.2) is 26.0 Å². The van der Waals surface area contributed by atoms with Crippen molar-refractivity contribution in [2.45, 2.75) is 24.9 Å². The van der Waals surface area contributed by atoms with E-state index in [0.717, 1.165) is 38.4 Å². The van der Waals surface area contributed by atoms with E-state index in [4.69, 9.17) is 9.97 Å². The molecule has 0 bridgehead atoms. The number of hydrogen-bond acceptors (Lipinski definition) is 4. The number of nitrogens with zero attached hydrogens (tertiary/aromatic N) is 3. The van der Waals surface area contributed by atoms with E-state index in [1.807, 2.05) is 65.1 Å². The molecule has 5 rings (SSSR count). The van der Waals surface area contributed by atoms with Crippen LogP contribution >= 0.6 is 11.8 Å². The number of para-hydroxylation sites is 3. The molecule has 0 unspecified atom stereocenters. The number of rotatable bonds is 5. The molecule has 1 N–H and O–H groups in total. The van der Waals surface area contributed by atoms with Gasteiger partial charge in [0, 0.05) is 11.1 Å². The zero-order valence-electron chi connectivity index (χ0n) is 17.4. The molecule has 154 valence electrons. The van der Waals surface area contributed by atoms with Gasteiger partial charge in [-0.15, -0.1) is 0 Å². The van der Waals surface area contributed by atoms with Crippen LogP contribution in [0.1, 0.15) is 25.3 Å². The summed E-state index contributed by atoms with van der Waals surface area (Å²) in [6, 6.07) is 24.0. The largest absolute Gasteiger partial charge is 0.325 e. The van der Waals surface area contributed by atoms with Gasteiger partial charge in [0.2, 0.25) is 5.91 Å². The number of thioether (sulfide) groups is 1. The summed E-state index contributed by atoms with van der Waals surface area (Å²) in [5.74, 6) is 0.667. The van der Waals surface area contributed by atoms with Crippen molar-refractivity contribution in [2.24, 2.45) is 0 Å². The summed E-state index contributed by atoms with van der Waals surface area (Å²) in [4.78, 5) is 22.3. The minimum Gasteiger partial charge on any atom is -0.325 e. The lowest BCUT2D eigenvalue weighted by atomic mass is 10.0. The Kier molecular flexibility index (Phi) is 5.08. The van der Waals surface area contributed by atoms with Gasteiger partial charge in [0.05, 0.1) is 22.3 Å². The summed E-state index contributed by atoms with van der Waals surface area (Å²) >= 11 is 1.42. The van der Waals surface area contributed by atoms with Crippen LogP contribution in [0.2, 0.25) is 0 Å². The molecule has 0 radical (unpaired) electrons. The molecule has 0 atom stereocenters. The van der Waals surface area contributed by atoms with E-state index in [1.165, 1.54) is 17.3 Å². The lowest BCUT2D eigenvalue weighted by Gasteiger charge is -2.10. The lowest BCUT2D eigenvalue weighted by Crippen LogP contribution is -2.14. The molecule has 6 heteroatoms. The van der Waals surface area contributed by atoms with E-state index in [9.17, 15) is 4.79 Å². The third-order valence-electron chi connectivity index (χ3n) is 5.31. The molecule has 0 aliphatic rings. The number of fused-ring (bicyclic) bond motifs is 5. The second-order valence-electron chi connectivity index (χ2n) is 7.78. The monoisotopic (exact) mass is 426 g/mol. The molecule has 0 aliphatic carbocycles. The van der Waals surface area contributed by atoms with E-state index in [2.05, 4.69) is 31.3 Å². The van der Waals surface area contributed by atoms with E-state index < -0.39 is 0 Å². The minimum atomic E-state index is -0.0603. The van der Waals surface area contributed by atoms with Crippen molar-refractivity contribution < 1.29 is 4.79 Å². The van der Waals surface area contributed by atoms with Crippen LogP contribution in [0.25, 0.3) is 27.6 Å². The normalized spacial score (nSPS) is 11.6. The van der Waals surface area contributed by atoms with Gasteiger partial charge in [0.15, 0.2) is 5.16 Å². The zero-order valence-corrected chi connectivity index (χ0v) is 18.2. The molecule has 0 aliphatic heterocycles. The van der Waals surface area contributed by atoms with Gasteiger partial charge in [0.1, 0.15) is 5.65 Å². The minimum absolute atomic E-state index is 0.0603. The third-order valence-corrected chi connectivity index (χ3v) is 6.25. The van der Waals surface area contributed by atoms with Gasteiger partial charge in [-0.3, -0.25) is 9.20 Å². The zero-order chi connectivity index (χ0) is 21.4. The van der Waals surface area contributed by atoms with Gasteiger partial charge in [0.25, 0.3) is 0 Å². The first-order valence-electron chi connectivity index (χ1n) is 10.3. The van der Waals surface area contributed by atoms with Gasteiger partial charge in [-0.25, -0.2) is 9.97 Å². The Labute approximate surface area is 184 Å². The van der Waals surface area contributed by atoms with Crippen molar-refractivity contribution >= 4 is 50.9 Å². The van der Waals surface area contributed by atoms with Crippen molar-refractivity contribution in [3.05, 3.63) is 78.4 Å². The molecule has 3 aromatic carbocycles. The highest BCUT2D eigenvalue weighted by atomic mass is 32.2. The van der Waals surface area contributed by atoms with Crippen molar-refractivity contribution in [1.29, 1.82) is 0 Å². The summed E-state index contributed by atoms with van der Waals surface area (Å²) in [5, 5.41) is 4.74. The fraction of sp³-hybridized carbons (Fsp3) is 0.160. The summed E-state index contributed by atoms with van der Waals surface area (Å²) < 4.78 is 2.05. The van der Waals surface area contributed by atoms with Crippen LogP contribution in [0.15, 0.2) is 78.0 Å². The van der Waals surface area contributed by atoms with Gasteiger partial charge in [-0.1, -0.05) is 62.0 Å². The highest BCUT2D eigenvalue weighted by Crippen LogP contribution is 2.29. The van der Waals surface area contributed by atoms with Crippen molar-refractivity contribution in [3.8, 4) is 0 Å². The first-order valence-corrected chi connectivity index (χ1v) is 11.3. The lowest BCUT2D eigenvalue weighted by molar-refractivity contribution is -0.113. The first-order chi connectivity index (χ1) is 15.1. The first kappa shape index (κ1) is 19.6. The Morgan fingerprint density at radius 1 is 0.935 bits per heavy atom. The maximum absolute atomic E-state index is 12.6. The van der Waals surface area contributed by atoms with Crippen LogP contribution in [0.3, 0.4) is 0 Å². The molecule has 0 spiro atoms. The van der Waals surface area contributed by atoms with Crippen molar-refractivity contribution in [3.63, 3.8) is 0 Å². The second-order valence-corrected chi connectivity index (χ2v) is 8.73. The maximum Gasteiger partial charge on any atom is 0.234 e. The molecule has 0 fully saturated rings. The van der Waals surface area contributed by atoms with Gasteiger partial charge >= 0.3 is 0 Å². The van der Waals surface area contributed by atoms with Crippen LogP contribution in [0, 0.1) is 0 Å². The van der Waals surface area contributed by atoms with Gasteiger partial charge in [-0.05, 0) is 47.9 Å². The smallest absolute Gasteiger partial charge is 0.234 e. The predicted octanol–water partition coefficient (Wildman–Crippen LogP) is 5.89. The van der Waals surface area contributed by atoms with E-state index in [1.54, 1.807) is 0 Å². The van der Waals surface area contributed by atoms with Gasteiger partial charge < -0.3 is 5.32 Å². The Hall–Kier alpha value is -3.38. The van der Waals surface area contributed by atoms with Crippen molar-refractivity contribution in [1.82, 2.24) is 14.4 Å². The molecular weight excluding hydrogens is 404 g/mol. The SMILES string of the molecule is CC(C)c1ccc(NC(=O)CSc2nc3ccccc3c3nc4ccccc4n23)cc1. The molecule has 2 heterocycles.